The molecule has 2 heterocycles. The molecule has 0 atom stereocenters. The third-order valence-electron chi connectivity index (χ3n) is 4.28. The summed E-state index contributed by atoms with van der Waals surface area (Å²) >= 11 is 0. The van der Waals surface area contributed by atoms with Crippen LogP contribution in [0.5, 0.6) is 0 Å². The predicted molar refractivity (Wildman–Crippen MR) is 89.6 cm³/mol. The van der Waals surface area contributed by atoms with Crippen LogP contribution in [0.4, 0.5) is 0 Å². The van der Waals surface area contributed by atoms with E-state index in [4.69, 9.17) is 4.42 Å². The number of rotatable bonds is 5. The van der Waals surface area contributed by atoms with Gasteiger partial charge in [0.05, 0.1) is 38.2 Å². The van der Waals surface area contributed by atoms with Crippen molar-refractivity contribution < 1.29 is 27.3 Å². The number of carbonyl (C=O) groups excluding carboxylic acids is 1. The van der Waals surface area contributed by atoms with Gasteiger partial charge >= 0.3 is 5.97 Å². The molecule has 0 radical (unpaired) electrons. The molecule has 7 nitrogen and oxygen atoms in total. The lowest BCUT2D eigenvalue weighted by molar-refractivity contribution is -0.918. The van der Waals surface area contributed by atoms with Crippen molar-refractivity contribution >= 4 is 16.0 Å². The van der Waals surface area contributed by atoms with Crippen molar-refractivity contribution in [2.24, 2.45) is 0 Å². The molecule has 25 heavy (non-hydrogen) atoms. The van der Waals surface area contributed by atoms with Crippen LogP contribution in [0.3, 0.4) is 0 Å². The molecular formula is C17H21N2O5S+. The highest BCUT2D eigenvalue weighted by molar-refractivity contribution is 7.89. The Hall–Kier alpha value is -2.16. The maximum atomic E-state index is 12.6. The molecule has 0 unspecified atom stereocenters. The predicted octanol–water partition coefficient (Wildman–Crippen LogP) is 0.156. The zero-order valence-electron chi connectivity index (χ0n) is 14.0. The maximum Gasteiger partial charge on any atom is 0.373 e. The van der Waals surface area contributed by atoms with Gasteiger partial charge < -0.3 is 14.1 Å². The zero-order valence-corrected chi connectivity index (χ0v) is 14.8. The number of esters is 1. The summed E-state index contributed by atoms with van der Waals surface area (Å²) in [7, 11) is -2.13. The summed E-state index contributed by atoms with van der Waals surface area (Å²) in [6, 6.07) is 11.8. The second-order valence-electron chi connectivity index (χ2n) is 5.90. The van der Waals surface area contributed by atoms with E-state index in [-0.39, 0.29) is 5.76 Å². The minimum absolute atomic E-state index is 0.183. The highest BCUT2D eigenvalue weighted by Gasteiger charge is 2.30. The molecule has 1 N–H and O–H groups in total. The molecule has 0 bridgehead atoms. The minimum Gasteiger partial charge on any atom is -0.463 e. The molecule has 2 aromatic rings. The lowest BCUT2D eigenvalue weighted by Gasteiger charge is -2.31. The maximum absolute atomic E-state index is 12.6. The number of quaternary nitrogens is 1. The van der Waals surface area contributed by atoms with E-state index in [1.807, 2.05) is 0 Å². The average Bonchev–Trinajstić information content (AvgIpc) is 3.11. The van der Waals surface area contributed by atoms with Crippen LogP contribution in [0, 0.1) is 0 Å². The Balaban J connectivity index is 1.59. The number of nitrogens with zero attached hydrogens (tertiary/aromatic N) is 1. The van der Waals surface area contributed by atoms with Crippen LogP contribution < -0.4 is 4.90 Å². The van der Waals surface area contributed by atoms with Gasteiger partial charge in [0, 0.05) is 0 Å². The Labute approximate surface area is 146 Å². The summed E-state index contributed by atoms with van der Waals surface area (Å²) in [6.45, 7) is 2.88. The molecule has 3 rings (SSSR count). The van der Waals surface area contributed by atoms with Crippen LogP contribution in [0.25, 0.3) is 0 Å². The summed E-state index contributed by atoms with van der Waals surface area (Å²) in [5.41, 5.74) is 0. The Kier molecular flexibility index (Phi) is 5.22. The number of methoxy groups -OCH3 is 1. The molecule has 0 amide bonds. The Morgan fingerprint density at radius 2 is 1.84 bits per heavy atom. The van der Waals surface area contributed by atoms with Crippen LogP contribution in [-0.4, -0.2) is 52.0 Å². The van der Waals surface area contributed by atoms with Crippen LogP contribution >= 0.6 is 0 Å². The quantitative estimate of drug-likeness (QED) is 0.763. The molecule has 0 aliphatic carbocycles. The molecule has 8 heteroatoms. The van der Waals surface area contributed by atoms with Crippen molar-refractivity contribution in [3.8, 4) is 0 Å². The fourth-order valence-corrected chi connectivity index (χ4v) is 4.35. The van der Waals surface area contributed by atoms with Gasteiger partial charge in [-0.15, -0.1) is 0 Å². The molecule has 1 aliphatic heterocycles. The SMILES string of the molecule is COC(=O)c1ccc(C[NH+]2CCN(S(=O)(=O)c3ccccc3)CC2)o1. The second-order valence-corrected chi connectivity index (χ2v) is 7.84. The summed E-state index contributed by atoms with van der Waals surface area (Å²) in [6.07, 6.45) is 0. The van der Waals surface area contributed by atoms with E-state index in [0.717, 1.165) is 0 Å². The van der Waals surface area contributed by atoms with Gasteiger partial charge in [0.1, 0.15) is 6.54 Å². The largest absolute Gasteiger partial charge is 0.463 e. The van der Waals surface area contributed by atoms with E-state index in [9.17, 15) is 13.2 Å². The first kappa shape index (κ1) is 17.7. The molecule has 1 saturated heterocycles. The number of hydrogen-bond acceptors (Lipinski definition) is 5. The normalized spacial score (nSPS) is 16.7. The van der Waals surface area contributed by atoms with Crippen LogP contribution in [0.1, 0.15) is 16.3 Å². The molecule has 0 spiro atoms. The van der Waals surface area contributed by atoms with Crippen molar-refractivity contribution in [3.05, 3.63) is 54.0 Å². The van der Waals surface area contributed by atoms with Gasteiger partial charge in [-0.05, 0) is 24.3 Å². The number of benzene rings is 1. The fourth-order valence-electron chi connectivity index (χ4n) is 2.89. The highest BCUT2D eigenvalue weighted by atomic mass is 32.2. The standard InChI is InChI=1S/C17H20N2O5S/c1-23-17(20)16-8-7-14(24-16)13-18-9-11-19(12-10-18)25(21,22)15-5-3-2-4-6-15/h2-8H,9-13H2,1H3/p+1. The summed E-state index contributed by atoms with van der Waals surface area (Å²) in [4.78, 5) is 13.0. The van der Waals surface area contributed by atoms with E-state index >= 15 is 0 Å². The Bertz CT molecular complexity index is 824. The van der Waals surface area contributed by atoms with Crippen LogP contribution in [0.2, 0.25) is 0 Å². The second kappa shape index (κ2) is 7.38. The average molecular weight is 365 g/mol. The molecular weight excluding hydrogens is 344 g/mol. The Morgan fingerprint density at radius 3 is 2.48 bits per heavy atom. The van der Waals surface area contributed by atoms with Gasteiger partial charge in [-0.1, -0.05) is 18.2 Å². The number of hydrogen-bond donors (Lipinski definition) is 1. The third kappa shape index (κ3) is 3.92. The van der Waals surface area contributed by atoms with E-state index in [0.29, 0.717) is 43.4 Å². The van der Waals surface area contributed by atoms with Crippen molar-refractivity contribution in [2.45, 2.75) is 11.4 Å². The van der Waals surface area contributed by atoms with Gasteiger partial charge in [-0.2, -0.15) is 4.31 Å². The van der Waals surface area contributed by atoms with Gasteiger partial charge in [0.25, 0.3) is 0 Å². The monoisotopic (exact) mass is 365 g/mol. The number of nitrogens with one attached hydrogen (secondary N) is 1. The topological polar surface area (TPSA) is 81.3 Å². The van der Waals surface area contributed by atoms with Gasteiger partial charge in [-0.3, -0.25) is 0 Å². The van der Waals surface area contributed by atoms with Crippen LogP contribution in [0.15, 0.2) is 51.8 Å². The summed E-state index contributed by atoms with van der Waals surface area (Å²) < 4.78 is 36.8. The molecule has 1 aliphatic rings. The van der Waals surface area contributed by atoms with Crippen LogP contribution in [-0.2, 0) is 21.3 Å². The first-order valence-electron chi connectivity index (χ1n) is 8.06. The molecule has 1 aromatic heterocycles. The summed E-state index contributed by atoms with van der Waals surface area (Å²) in [5.74, 6) is 0.372. The number of carbonyl (C=O) groups is 1. The van der Waals surface area contributed by atoms with Crippen molar-refractivity contribution in [1.29, 1.82) is 0 Å². The first-order chi connectivity index (χ1) is 12.0. The number of piperazine rings is 1. The highest BCUT2D eigenvalue weighted by Crippen LogP contribution is 2.15. The number of sulfonamides is 1. The molecule has 1 fully saturated rings. The Morgan fingerprint density at radius 1 is 1.16 bits per heavy atom. The van der Waals surface area contributed by atoms with Gasteiger partial charge in [-0.25, -0.2) is 13.2 Å². The fraction of sp³-hybridized carbons (Fsp3) is 0.353. The lowest BCUT2D eigenvalue weighted by atomic mass is 10.3. The smallest absolute Gasteiger partial charge is 0.373 e. The minimum atomic E-state index is -3.43. The molecule has 134 valence electrons. The third-order valence-corrected chi connectivity index (χ3v) is 6.20. The zero-order chi connectivity index (χ0) is 17.9. The molecule has 0 saturated carbocycles. The van der Waals surface area contributed by atoms with Gasteiger partial charge in [0.15, 0.2) is 5.76 Å². The van der Waals surface area contributed by atoms with E-state index in [2.05, 4.69) is 4.74 Å². The summed E-state index contributed by atoms with van der Waals surface area (Å²) in [5, 5.41) is 0. The number of furan rings is 1. The van der Waals surface area contributed by atoms with Crippen molar-refractivity contribution in [1.82, 2.24) is 4.31 Å². The van der Waals surface area contributed by atoms with E-state index < -0.39 is 16.0 Å². The van der Waals surface area contributed by atoms with E-state index in [1.54, 1.807) is 42.5 Å². The van der Waals surface area contributed by atoms with Gasteiger partial charge in [0.2, 0.25) is 15.8 Å². The number of ether oxygens (including phenoxy) is 1. The lowest BCUT2D eigenvalue weighted by Crippen LogP contribution is -3.13. The molecule has 1 aromatic carbocycles. The van der Waals surface area contributed by atoms with E-state index in [1.165, 1.54) is 16.3 Å². The first-order valence-corrected chi connectivity index (χ1v) is 9.50. The van der Waals surface area contributed by atoms with Crippen molar-refractivity contribution in [3.63, 3.8) is 0 Å². The van der Waals surface area contributed by atoms with Crippen molar-refractivity contribution in [2.75, 3.05) is 33.3 Å².